The van der Waals surface area contributed by atoms with Crippen LogP contribution in [-0.4, -0.2) is 38.7 Å². The van der Waals surface area contributed by atoms with Crippen LogP contribution in [0.5, 0.6) is 0 Å². The summed E-state index contributed by atoms with van der Waals surface area (Å²) < 4.78 is 6.10. The quantitative estimate of drug-likeness (QED) is 0.338. The number of aromatic nitrogens is 2. The van der Waals surface area contributed by atoms with E-state index in [0.717, 1.165) is 11.8 Å². The molecule has 0 bridgehead atoms. The molecule has 4 N–H and O–H groups in total. The summed E-state index contributed by atoms with van der Waals surface area (Å²) in [6.45, 7) is 4.00. The van der Waals surface area contributed by atoms with Crippen molar-refractivity contribution in [3.63, 3.8) is 0 Å². The largest absolute Gasteiger partial charge is 0.478 e. The Morgan fingerprint density at radius 2 is 2.10 bits per heavy atom. The van der Waals surface area contributed by atoms with E-state index in [2.05, 4.69) is 21.6 Å². The minimum absolute atomic E-state index is 0.000725. The predicted octanol–water partition coefficient (Wildman–Crippen LogP) is 4.50. The van der Waals surface area contributed by atoms with Gasteiger partial charge in [0, 0.05) is 23.4 Å². The fraction of sp³-hybridized carbons (Fsp3) is 0.259. The molecule has 0 radical (unpaired) electrons. The van der Waals surface area contributed by atoms with E-state index in [1.807, 2.05) is 13.8 Å². The maximum absolute atomic E-state index is 13.5. The lowest BCUT2D eigenvalue weighted by atomic mass is 9.69. The first-order chi connectivity index (χ1) is 19.1. The van der Waals surface area contributed by atoms with E-state index in [4.69, 9.17) is 15.3 Å². The Kier molecular flexibility index (Phi) is 7.22. The number of anilines is 2. The zero-order chi connectivity index (χ0) is 28.6. The molecule has 1 aromatic carbocycles. The van der Waals surface area contributed by atoms with Gasteiger partial charge >= 0.3 is 5.97 Å². The number of nitrogens with two attached hydrogens (primary N) is 1. The smallest absolute Gasteiger partial charge is 0.335 e. The molecular formula is C27H24N6O5S2. The lowest BCUT2D eigenvalue weighted by Gasteiger charge is -2.42. The number of benzene rings is 1. The van der Waals surface area contributed by atoms with E-state index in [-0.39, 0.29) is 39.8 Å². The fourth-order valence-electron chi connectivity index (χ4n) is 4.87. The number of carboxylic acids is 1. The molecule has 3 heterocycles. The number of allylic oxidation sites excluding steroid dienone is 3. The van der Waals surface area contributed by atoms with E-state index >= 15 is 0 Å². The number of hydrogen-bond acceptors (Lipinski definition) is 11. The second-order valence-electron chi connectivity index (χ2n) is 10.1. The van der Waals surface area contributed by atoms with Crippen molar-refractivity contribution < 1.29 is 23.9 Å². The lowest BCUT2D eigenvalue weighted by molar-refractivity contribution is -0.118. The Morgan fingerprint density at radius 1 is 1.30 bits per heavy atom. The van der Waals surface area contributed by atoms with Gasteiger partial charge in [0.15, 0.2) is 10.1 Å². The van der Waals surface area contributed by atoms with Crippen LogP contribution in [0, 0.1) is 16.7 Å². The number of thioether (sulfide) groups is 1. The number of carboxylic acid groups (broad SMARTS) is 1. The number of amides is 1. The molecule has 2 aromatic heterocycles. The molecule has 0 fully saturated rings. The highest BCUT2D eigenvalue weighted by Crippen LogP contribution is 2.50. The normalized spacial score (nSPS) is 18.4. The molecule has 1 atom stereocenters. The van der Waals surface area contributed by atoms with Crippen molar-refractivity contribution in [2.24, 2.45) is 11.1 Å². The van der Waals surface area contributed by atoms with Crippen molar-refractivity contribution in [2.45, 2.75) is 36.9 Å². The van der Waals surface area contributed by atoms with Gasteiger partial charge in [-0.05, 0) is 42.2 Å². The maximum Gasteiger partial charge on any atom is 0.335 e. The van der Waals surface area contributed by atoms with E-state index in [9.17, 15) is 19.6 Å². The maximum atomic E-state index is 13.5. The highest BCUT2D eigenvalue weighted by Gasteiger charge is 2.46. The van der Waals surface area contributed by atoms with Crippen LogP contribution in [0.4, 0.5) is 10.8 Å². The zero-order valence-corrected chi connectivity index (χ0v) is 23.1. The number of rotatable bonds is 7. The number of furan rings is 1. The monoisotopic (exact) mass is 576 g/mol. The average Bonchev–Trinajstić information content (AvgIpc) is 3.59. The molecule has 3 aromatic rings. The van der Waals surface area contributed by atoms with Crippen molar-refractivity contribution >= 4 is 51.6 Å². The van der Waals surface area contributed by atoms with Crippen LogP contribution in [0.1, 0.15) is 48.7 Å². The summed E-state index contributed by atoms with van der Waals surface area (Å²) in [7, 11) is 0. The molecule has 0 saturated heterocycles. The second-order valence-corrected chi connectivity index (χ2v) is 12.2. The Hall–Kier alpha value is -4.41. The molecule has 0 spiro atoms. The molecule has 11 nitrogen and oxygen atoms in total. The van der Waals surface area contributed by atoms with Crippen LogP contribution in [0.2, 0.25) is 0 Å². The van der Waals surface area contributed by atoms with Crippen LogP contribution in [0.3, 0.4) is 0 Å². The molecule has 0 saturated carbocycles. The van der Waals surface area contributed by atoms with Gasteiger partial charge < -0.3 is 20.6 Å². The third-order valence-electron chi connectivity index (χ3n) is 6.52. The molecule has 1 unspecified atom stereocenters. The average molecular weight is 577 g/mol. The highest BCUT2D eigenvalue weighted by molar-refractivity contribution is 8.01. The van der Waals surface area contributed by atoms with E-state index in [0.29, 0.717) is 45.0 Å². The van der Waals surface area contributed by atoms with Gasteiger partial charge in [-0.2, -0.15) is 5.26 Å². The number of hydrogen-bond donors (Lipinski definition) is 3. The Labute approximate surface area is 237 Å². The number of nitrogens with one attached hydrogen (secondary N) is 1. The molecule has 13 heteroatoms. The topological polar surface area (TPSA) is 175 Å². The number of carbonyl (C=O) groups is 3. The molecular weight excluding hydrogens is 552 g/mol. The van der Waals surface area contributed by atoms with Crippen molar-refractivity contribution in [1.29, 1.82) is 5.26 Å². The third-order valence-corrected chi connectivity index (χ3v) is 8.56. The number of aromatic carboxylic acids is 1. The number of nitriles is 1. The van der Waals surface area contributed by atoms with Gasteiger partial charge in [-0.25, -0.2) is 4.79 Å². The van der Waals surface area contributed by atoms with Crippen molar-refractivity contribution in [3.8, 4) is 6.07 Å². The first-order valence-corrected chi connectivity index (χ1v) is 14.0. The molecule has 1 aliphatic heterocycles. The van der Waals surface area contributed by atoms with Crippen molar-refractivity contribution in [3.05, 3.63) is 76.6 Å². The van der Waals surface area contributed by atoms with Crippen LogP contribution in [-0.2, 0) is 9.59 Å². The second kappa shape index (κ2) is 10.6. The summed E-state index contributed by atoms with van der Waals surface area (Å²) in [5.74, 6) is -1.61. The molecule has 5 rings (SSSR count). The lowest BCUT2D eigenvalue weighted by Crippen LogP contribution is -2.42. The first kappa shape index (κ1) is 27.2. The van der Waals surface area contributed by atoms with Crippen LogP contribution in [0.15, 0.2) is 74.1 Å². The summed E-state index contributed by atoms with van der Waals surface area (Å²) in [5, 5.41) is 30.8. The summed E-state index contributed by atoms with van der Waals surface area (Å²) in [6, 6.07) is 11.6. The van der Waals surface area contributed by atoms with E-state index < -0.39 is 11.9 Å². The third kappa shape index (κ3) is 5.23. The van der Waals surface area contributed by atoms with E-state index in [1.165, 1.54) is 29.7 Å². The van der Waals surface area contributed by atoms with Crippen molar-refractivity contribution in [2.75, 3.05) is 16.0 Å². The van der Waals surface area contributed by atoms with Crippen LogP contribution >= 0.6 is 23.1 Å². The van der Waals surface area contributed by atoms with Crippen molar-refractivity contribution in [1.82, 2.24) is 10.2 Å². The van der Waals surface area contributed by atoms with Gasteiger partial charge in [0.25, 0.3) is 0 Å². The van der Waals surface area contributed by atoms with Gasteiger partial charge in [-0.15, -0.1) is 10.2 Å². The highest BCUT2D eigenvalue weighted by atomic mass is 32.2. The molecule has 40 heavy (non-hydrogen) atoms. The van der Waals surface area contributed by atoms with Gasteiger partial charge in [0.1, 0.15) is 11.6 Å². The molecule has 204 valence electrons. The Bertz CT molecular complexity index is 1620. The summed E-state index contributed by atoms with van der Waals surface area (Å²) in [4.78, 5) is 38.8. The first-order valence-electron chi connectivity index (χ1n) is 12.2. The molecule has 2 aliphatic rings. The Morgan fingerprint density at radius 3 is 2.80 bits per heavy atom. The minimum Gasteiger partial charge on any atom is -0.478 e. The number of ketones is 1. The van der Waals surface area contributed by atoms with Crippen LogP contribution in [0.25, 0.3) is 0 Å². The van der Waals surface area contributed by atoms with E-state index in [1.54, 1.807) is 29.2 Å². The number of Topliss-reactive ketones (excluding diaryl/α,β-unsaturated/α-hetero) is 1. The summed E-state index contributed by atoms with van der Waals surface area (Å²) in [5.41, 5.74) is 7.98. The number of carbonyl (C=O) groups excluding carboxylic acids is 2. The van der Waals surface area contributed by atoms with Gasteiger partial charge in [-0.3, -0.25) is 14.5 Å². The predicted molar refractivity (Wildman–Crippen MR) is 148 cm³/mol. The SMILES string of the molecule is CC1(C)CC(=O)C2=C(C1)N(c1nnc(SCC(=O)Nc3cccc(C(=O)O)c3)s1)C(N)=C(C#N)C2c1ccco1. The van der Waals surface area contributed by atoms with Gasteiger partial charge in [0.2, 0.25) is 11.0 Å². The van der Waals surface area contributed by atoms with Gasteiger partial charge in [-0.1, -0.05) is 43.0 Å². The van der Waals surface area contributed by atoms with Gasteiger partial charge in [0.05, 0.1) is 35.1 Å². The zero-order valence-electron chi connectivity index (χ0n) is 21.5. The van der Waals surface area contributed by atoms with Crippen LogP contribution < -0.4 is 16.0 Å². The fourth-order valence-corrected chi connectivity index (χ4v) is 6.55. The Balaban J connectivity index is 1.41. The summed E-state index contributed by atoms with van der Waals surface area (Å²) in [6.07, 6.45) is 2.33. The number of nitrogens with zero attached hydrogens (tertiary/aromatic N) is 4. The summed E-state index contributed by atoms with van der Waals surface area (Å²) >= 11 is 2.33. The molecule has 1 aliphatic carbocycles. The minimum atomic E-state index is -1.09. The molecule has 1 amide bonds. The standard InChI is InChI=1S/C27H24N6O5S2/c1-27(2)10-17-22(18(34)11-27)21(19-7-4-8-38-19)16(12-28)23(29)33(17)25-31-32-26(40-25)39-13-20(35)30-15-6-3-5-14(9-15)24(36)37/h3-9,21H,10-11,13,29H2,1-2H3,(H,30,35)(H,36,37).